The summed E-state index contributed by atoms with van der Waals surface area (Å²) in [5, 5.41) is 9.65. The normalized spacial score (nSPS) is 27.8. The first-order chi connectivity index (χ1) is 14.5. The average molecular weight is 396 g/mol. The molecule has 1 saturated carbocycles. The van der Waals surface area contributed by atoms with E-state index in [-0.39, 0.29) is 23.0 Å². The van der Waals surface area contributed by atoms with Gasteiger partial charge in [0.25, 0.3) is 0 Å². The fourth-order valence-corrected chi connectivity index (χ4v) is 5.76. The Labute approximate surface area is 177 Å². The quantitative estimate of drug-likeness (QED) is 0.606. The van der Waals surface area contributed by atoms with Gasteiger partial charge in [0.2, 0.25) is 0 Å². The van der Waals surface area contributed by atoms with E-state index in [9.17, 15) is 10.1 Å². The van der Waals surface area contributed by atoms with Crippen LogP contribution in [0.5, 0.6) is 0 Å². The van der Waals surface area contributed by atoms with E-state index in [0.717, 1.165) is 35.6 Å². The number of aromatic nitrogens is 2. The summed E-state index contributed by atoms with van der Waals surface area (Å²) in [6.45, 7) is 4.23. The molecule has 4 atom stereocenters. The van der Waals surface area contributed by atoms with Gasteiger partial charge in [-0.25, -0.2) is 4.98 Å². The largest absolute Gasteiger partial charge is 0.298 e. The Morgan fingerprint density at radius 1 is 1.10 bits per heavy atom. The second kappa shape index (κ2) is 6.95. The molecule has 150 valence electrons. The van der Waals surface area contributed by atoms with Crippen molar-refractivity contribution in [3.8, 4) is 23.1 Å². The van der Waals surface area contributed by atoms with E-state index in [1.165, 1.54) is 5.69 Å². The number of imidazole rings is 1. The Hall–Kier alpha value is -3.19. The minimum atomic E-state index is -0.547. The SMILES string of the molecule is C[C@@H]1C(=O)C(C#N)C[C@]2(C)c3nc(-c4ccccc4)n(-c4ccccc4)c3CC[C@@H]12. The van der Waals surface area contributed by atoms with Crippen molar-refractivity contribution in [1.82, 2.24) is 9.55 Å². The van der Waals surface area contributed by atoms with E-state index in [1.54, 1.807) is 0 Å². The Bertz CT molecular complexity index is 1140. The van der Waals surface area contributed by atoms with Crippen LogP contribution in [0.3, 0.4) is 0 Å². The van der Waals surface area contributed by atoms with Crippen molar-refractivity contribution >= 4 is 5.78 Å². The van der Waals surface area contributed by atoms with Gasteiger partial charge in [-0.15, -0.1) is 0 Å². The number of nitriles is 1. The van der Waals surface area contributed by atoms with Gasteiger partial charge in [0.1, 0.15) is 11.7 Å². The van der Waals surface area contributed by atoms with Gasteiger partial charge in [-0.2, -0.15) is 5.26 Å². The van der Waals surface area contributed by atoms with Gasteiger partial charge >= 0.3 is 0 Å². The predicted octanol–water partition coefficient (Wildman–Crippen LogP) is 5.11. The average Bonchev–Trinajstić information content (AvgIpc) is 3.18. The highest BCUT2D eigenvalue weighted by Crippen LogP contribution is 2.53. The Morgan fingerprint density at radius 2 is 1.77 bits per heavy atom. The first-order valence-corrected chi connectivity index (χ1v) is 10.7. The molecular formula is C26H25N3O. The lowest BCUT2D eigenvalue weighted by Gasteiger charge is -2.48. The lowest BCUT2D eigenvalue weighted by atomic mass is 9.54. The molecule has 2 aromatic carbocycles. The number of fused-ring (bicyclic) bond motifs is 3. The number of ketones is 1. The van der Waals surface area contributed by atoms with E-state index >= 15 is 0 Å². The van der Waals surface area contributed by atoms with Crippen LogP contribution in [0, 0.1) is 29.1 Å². The molecule has 0 amide bonds. The van der Waals surface area contributed by atoms with Crippen LogP contribution in [0.15, 0.2) is 60.7 Å². The highest BCUT2D eigenvalue weighted by molar-refractivity contribution is 5.87. The monoisotopic (exact) mass is 395 g/mol. The number of para-hydroxylation sites is 1. The third-order valence-corrected chi connectivity index (χ3v) is 7.25. The molecule has 3 aromatic rings. The molecule has 1 fully saturated rings. The van der Waals surface area contributed by atoms with Gasteiger partial charge in [-0.3, -0.25) is 9.36 Å². The number of Topliss-reactive ketones (excluding diaryl/α,β-unsaturated/α-hetero) is 1. The minimum absolute atomic E-state index is 0.106. The smallest absolute Gasteiger partial charge is 0.153 e. The maximum absolute atomic E-state index is 12.7. The van der Waals surface area contributed by atoms with Crippen LogP contribution in [0.4, 0.5) is 0 Å². The highest BCUT2D eigenvalue weighted by Gasteiger charge is 2.53. The zero-order valence-electron chi connectivity index (χ0n) is 17.4. The van der Waals surface area contributed by atoms with E-state index in [4.69, 9.17) is 4.98 Å². The minimum Gasteiger partial charge on any atom is -0.298 e. The van der Waals surface area contributed by atoms with Crippen LogP contribution in [-0.2, 0) is 16.6 Å². The van der Waals surface area contributed by atoms with Crippen LogP contribution in [-0.4, -0.2) is 15.3 Å². The highest BCUT2D eigenvalue weighted by atomic mass is 16.1. The van der Waals surface area contributed by atoms with Crippen molar-refractivity contribution < 1.29 is 4.79 Å². The molecule has 1 heterocycles. The van der Waals surface area contributed by atoms with Crippen LogP contribution in [0.2, 0.25) is 0 Å². The maximum Gasteiger partial charge on any atom is 0.153 e. The molecule has 0 N–H and O–H groups in total. The fourth-order valence-electron chi connectivity index (χ4n) is 5.76. The molecule has 0 saturated heterocycles. The van der Waals surface area contributed by atoms with Crippen LogP contribution >= 0.6 is 0 Å². The van der Waals surface area contributed by atoms with Gasteiger partial charge in [0.15, 0.2) is 5.78 Å². The molecule has 1 unspecified atom stereocenters. The second-order valence-electron chi connectivity index (χ2n) is 8.91. The van der Waals surface area contributed by atoms with E-state index in [0.29, 0.717) is 6.42 Å². The first-order valence-electron chi connectivity index (χ1n) is 10.7. The molecule has 0 radical (unpaired) electrons. The summed E-state index contributed by atoms with van der Waals surface area (Å²) in [5.41, 5.74) is 4.19. The number of carbonyl (C=O) groups is 1. The van der Waals surface area contributed by atoms with Crippen molar-refractivity contribution in [3.63, 3.8) is 0 Å². The molecule has 30 heavy (non-hydrogen) atoms. The molecule has 2 aliphatic rings. The van der Waals surface area contributed by atoms with Gasteiger partial charge in [-0.05, 0) is 37.3 Å². The van der Waals surface area contributed by atoms with Gasteiger partial charge in [0.05, 0.1) is 11.8 Å². The van der Waals surface area contributed by atoms with E-state index in [1.807, 2.05) is 31.2 Å². The number of carbonyl (C=O) groups excluding carboxylic acids is 1. The second-order valence-corrected chi connectivity index (χ2v) is 8.91. The Balaban J connectivity index is 1.75. The van der Waals surface area contributed by atoms with Crippen molar-refractivity contribution in [2.24, 2.45) is 17.8 Å². The molecule has 1 aromatic heterocycles. The topological polar surface area (TPSA) is 58.7 Å². The Kier molecular flexibility index (Phi) is 4.36. The summed E-state index contributed by atoms with van der Waals surface area (Å²) in [6, 6.07) is 22.9. The van der Waals surface area contributed by atoms with E-state index in [2.05, 4.69) is 54.0 Å². The lowest BCUT2D eigenvalue weighted by Crippen LogP contribution is -2.50. The fraction of sp³-hybridized carbons (Fsp3) is 0.346. The summed E-state index contributed by atoms with van der Waals surface area (Å²) in [7, 11) is 0. The zero-order chi connectivity index (χ0) is 20.9. The van der Waals surface area contributed by atoms with Crippen molar-refractivity contribution in [3.05, 3.63) is 72.1 Å². The van der Waals surface area contributed by atoms with Crippen LogP contribution < -0.4 is 0 Å². The summed E-state index contributed by atoms with van der Waals surface area (Å²) in [5.74, 6) is 0.614. The molecule has 0 aliphatic heterocycles. The lowest BCUT2D eigenvalue weighted by molar-refractivity contribution is -0.132. The molecule has 0 spiro atoms. The summed E-state index contributed by atoms with van der Waals surface area (Å²) in [4.78, 5) is 18.0. The molecule has 2 aliphatic carbocycles. The van der Waals surface area contributed by atoms with Crippen molar-refractivity contribution in [2.75, 3.05) is 0 Å². The maximum atomic E-state index is 12.7. The first kappa shape index (κ1) is 18.8. The standard InChI is InChI=1S/C26H25N3O/c1-17-21-13-14-22-24(26(21,2)15-19(16-27)23(17)30)28-25(18-9-5-3-6-10-18)29(22)20-11-7-4-8-12-20/h3-12,17,19,21H,13-15H2,1-2H3/t17-,19?,21-,26-/m0/s1. The number of hydrogen-bond acceptors (Lipinski definition) is 3. The summed E-state index contributed by atoms with van der Waals surface area (Å²) < 4.78 is 2.29. The number of benzene rings is 2. The molecular weight excluding hydrogens is 370 g/mol. The number of rotatable bonds is 2. The zero-order valence-corrected chi connectivity index (χ0v) is 17.4. The van der Waals surface area contributed by atoms with Crippen LogP contribution in [0.1, 0.15) is 38.1 Å². The third-order valence-electron chi connectivity index (χ3n) is 7.25. The summed E-state index contributed by atoms with van der Waals surface area (Å²) in [6.07, 6.45) is 2.39. The van der Waals surface area contributed by atoms with Crippen molar-refractivity contribution in [2.45, 2.75) is 38.5 Å². The molecule has 5 rings (SSSR count). The van der Waals surface area contributed by atoms with Gasteiger partial charge in [0, 0.05) is 28.3 Å². The Morgan fingerprint density at radius 3 is 2.43 bits per heavy atom. The summed E-state index contributed by atoms with van der Waals surface area (Å²) >= 11 is 0. The van der Waals surface area contributed by atoms with Gasteiger partial charge < -0.3 is 0 Å². The van der Waals surface area contributed by atoms with E-state index < -0.39 is 5.92 Å². The van der Waals surface area contributed by atoms with Crippen LogP contribution in [0.25, 0.3) is 17.1 Å². The molecule has 0 bridgehead atoms. The predicted molar refractivity (Wildman–Crippen MR) is 116 cm³/mol. The number of hydrogen-bond donors (Lipinski definition) is 0. The van der Waals surface area contributed by atoms with Gasteiger partial charge in [-0.1, -0.05) is 62.4 Å². The molecule has 4 nitrogen and oxygen atoms in total. The molecule has 4 heteroatoms. The van der Waals surface area contributed by atoms with Crippen molar-refractivity contribution in [1.29, 1.82) is 5.26 Å². The third kappa shape index (κ3) is 2.65. The number of nitrogens with zero attached hydrogens (tertiary/aromatic N) is 3.